The van der Waals surface area contributed by atoms with E-state index in [0.29, 0.717) is 40.0 Å². The number of ether oxygens (including phenoxy) is 1. The maximum absolute atomic E-state index is 14.1. The van der Waals surface area contributed by atoms with Crippen LogP contribution >= 0.6 is 7.14 Å². The van der Waals surface area contributed by atoms with E-state index in [4.69, 9.17) is 4.74 Å². The third kappa shape index (κ3) is 4.84. The van der Waals surface area contributed by atoms with Crippen molar-refractivity contribution in [3.63, 3.8) is 0 Å². The quantitative estimate of drug-likeness (QED) is 0.265. The van der Waals surface area contributed by atoms with E-state index in [0.717, 1.165) is 44.0 Å². The zero-order valence-corrected chi connectivity index (χ0v) is 23.2. The standard InChI is InChI=1S/C27H32N7O4P/c1-4-21(35)18-13-28-22(32-27(36)15-5-6-15)11-19(18)31-26-25(38-3)24(29-14-30-26)20-12-23(34(2)33-20)39(37,16-7-8-16)17-9-10-17/h11-17H,4-10H2,1-3H3,(H2,28,29,30,31,32,36). The number of anilines is 3. The normalized spacial score (nSPS) is 17.1. The number of ketones is 1. The van der Waals surface area contributed by atoms with Gasteiger partial charge in [-0.2, -0.15) is 5.10 Å². The molecule has 3 saturated carbocycles. The Morgan fingerprint density at radius 3 is 2.41 bits per heavy atom. The van der Waals surface area contributed by atoms with E-state index in [-0.39, 0.29) is 35.3 Å². The van der Waals surface area contributed by atoms with E-state index in [2.05, 4.69) is 30.7 Å². The molecular weight excluding hydrogens is 517 g/mol. The smallest absolute Gasteiger partial charge is 0.228 e. The second kappa shape index (κ2) is 9.86. The number of carbonyl (C=O) groups excluding carboxylic acids is 2. The molecule has 2 N–H and O–H groups in total. The van der Waals surface area contributed by atoms with Crippen molar-refractivity contribution in [2.24, 2.45) is 13.0 Å². The molecule has 0 aromatic carbocycles. The average molecular weight is 550 g/mol. The van der Waals surface area contributed by atoms with Gasteiger partial charge in [0, 0.05) is 43.0 Å². The SMILES string of the molecule is CCC(=O)c1cnc(NC(=O)C2CC2)cc1Nc1ncnc(-c2cc(P(=O)(C3CC3)C3CC3)n(C)n2)c1OC. The number of pyridine rings is 1. The summed E-state index contributed by atoms with van der Waals surface area (Å²) in [5.74, 6) is 0.848. The molecule has 3 aromatic heterocycles. The maximum Gasteiger partial charge on any atom is 0.228 e. The van der Waals surface area contributed by atoms with Crippen molar-refractivity contribution >= 4 is 41.6 Å². The number of amides is 1. The summed E-state index contributed by atoms with van der Waals surface area (Å²) >= 11 is 0. The van der Waals surface area contributed by atoms with Crippen molar-refractivity contribution in [1.82, 2.24) is 24.7 Å². The second-order valence-electron chi connectivity index (χ2n) is 10.6. The number of aryl methyl sites for hydroxylation is 1. The first-order valence-electron chi connectivity index (χ1n) is 13.5. The Morgan fingerprint density at radius 1 is 1.08 bits per heavy atom. The summed E-state index contributed by atoms with van der Waals surface area (Å²) in [6, 6.07) is 3.51. The predicted octanol–water partition coefficient (Wildman–Crippen LogP) is 4.28. The Kier molecular flexibility index (Phi) is 6.49. The van der Waals surface area contributed by atoms with Gasteiger partial charge in [0.2, 0.25) is 5.91 Å². The van der Waals surface area contributed by atoms with Crippen molar-refractivity contribution in [1.29, 1.82) is 0 Å². The van der Waals surface area contributed by atoms with Crippen LogP contribution in [0, 0.1) is 5.92 Å². The van der Waals surface area contributed by atoms with Crippen molar-refractivity contribution in [3.05, 3.63) is 30.2 Å². The maximum atomic E-state index is 14.1. The second-order valence-corrected chi connectivity index (χ2v) is 13.9. The molecule has 1 amide bonds. The molecule has 0 atom stereocenters. The van der Waals surface area contributed by atoms with Gasteiger partial charge < -0.3 is 19.9 Å². The molecule has 3 heterocycles. The molecule has 39 heavy (non-hydrogen) atoms. The Bertz CT molecular complexity index is 1490. The Hall–Kier alpha value is -3.59. The first kappa shape index (κ1) is 25.7. The third-order valence-electron chi connectivity index (χ3n) is 7.62. The van der Waals surface area contributed by atoms with E-state index in [1.165, 1.54) is 19.6 Å². The van der Waals surface area contributed by atoms with Gasteiger partial charge in [-0.15, -0.1) is 0 Å². The highest BCUT2D eigenvalue weighted by Crippen LogP contribution is 2.69. The van der Waals surface area contributed by atoms with Crippen LogP contribution < -0.4 is 20.8 Å². The monoisotopic (exact) mass is 549 g/mol. The number of carbonyl (C=O) groups is 2. The highest BCUT2D eigenvalue weighted by molar-refractivity contribution is 7.73. The fraction of sp³-hybridized carbons (Fsp3) is 0.481. The first-order chi connectivity index (χ1) is 18.8. The highest BCUT2D eigenvalue weighted by atomic mass is 31.2. The van der Waals surface area contributed by atoms with Gasteiger partial charge in [-0.3, -0.25) is 14.3 Å². The Balaban J connectivity index is 1.36. The van der Waals surface area contributed by atoms with Crippen LogP contribution in [0.4, 0.5) is 17.3 Å². The van der Waals surface area contributed by atoms with Crippen LogP contribution in [0.3, 0.4) is 0 Å². The minimum atomic E-state index is -2.54. The summed E-state index contributed by atoms with van der Waals surface area (Å²) in [4.78, 5) is 38.1. The van der Waals surface area contributed by atoms with Crippen LogP contribution in [-0.4, -0.2) is 54.9 Å². The molecule has 3 aliphatic rings. The van der Waals surface area contributed by atoms with Gasteiger partial charge in [0.25, 0.3) is 0 Å². The van der Waals surface area contributed by atoms with Crippen LogP contribution in [0.5, 0.6) is 5.75 Å². The van der Waals surface area contributed by atoms with Gasteiger partial charge in [0.15, 0.2) is 17.4 Å². The highest BCUT2D eigenvalue weighted by Gasteiger charge is 2.53. The van der Waals surface area contributed by atoms with Crippen molar-refractivity contribution in [2.75, 3.05) is 17.7 Å². The minimum Gasteiger partial charge on any atom is -0.491 e. The number of aromatic nitrogens is 5. The molecule has 0 unspecified atom stereocenters. The molecule has 0 radical (unpaired) electrons. The molecule has 3 fully saturated rings. The number of nitrogens with zero attached hydrogens (tertiary/aromatic N) is 5. The van der Waals surface area contributed by atoms with E-state index in [1.54, 1.807) is 17.7 Å². The average Bonchev–Trinajstić information content (AvgIpc) is 3.77. The number of hydrogen-bond acceptors (Lipinski definition) is 9. The molecule has 0 bridgehead atoms. The van der Waals surface area contributed by atoms with E-state index >= 15 is 0 Å². The summed E-state index contributed by atoms with van der Waals surface area (Å²) in [5, 5.41) is 10.7. The minimum absolute atomic E-state index is 0.0167. The molecule has 0 spiro atoms. The van der Waals surface area contributed by atoms with Gasteiger partial charge in [-0.1, -0.05) is 6.92 Å². The summed E-state index contributed by atoms with van der Waals surface area (Å²) < 4.78 is 21.6. The van der Waals surface area contributed by atoms with Crippen molar-refractivity contribution in [2.45, 2.75) is 63.2 Å². The molecular formula is C27H32N7O4P. The van der Waals surface area contributed by atoms with Crippen LogP contribution in [-0.2, 0) is 16.4 Å². The molecule has 6 rings (SSSR count). The van der Waals surface area contributed by atoms with Gasteiger partial charge in [-0.25, -0.2) is 15.0 Å². The number of nitrogens with one attached hydrogen (secondary N) is 2. The molecule has 3 aromatic rings. The largest absolute Gasteiger partial charge is 0.491 e. The zero-order valence-electron chi connectivity index (χ0n) is 22.3. The van der Waals surface area contributed by atoms with E-state index in [1.807, 2.05) is 13.1 Å². The van der Waals surface area contributed by atoms with E-state index in [9.17, 15) is 14.2 Å². The first-order valence-corrected chi connectivity index (χ1v) is 15.3. The van der Waals surface area contributed by atoms with Crippen LogP contribution in [0.2, 0.25) is 0 Å². The number of rotatable bonds is 11. The van der Waals surface area contributed by atoms with Crippen LogP contribution in [0.15, 0.2) is 24.7 Å². The van der Waals surface area contributed by atoms with Crippen LogP contribution in [0.25, 0.3) is 11.4 Å². The van der Waals surface area contributed by atoms with Gasteiger partial charge in [0.05, 0.1) is 23.8 Å². The Labute approximate surface area is 226 Å². The van der Waals surface area contributed by atoms with Crippen molar-refractivity contribution < 1.29 is 18.9 Å². The van der Waals surface area contributed by atoms with Gasteiger partial charge in [-0.05, 0) is 44.6 Å². The fourth-order valence-corrected chi connectivity index (χ4v) is 9.07. The van der Waals surface area contributed by atoms with E-state index < -0.39 is 7.14 Å². The lowest BCUT2D eigenvalue weighted by Gasteiger charge is -2.17. The number of methoxy groups -OCH3 is 1. The molecule has 0 saturated heterocycles. The molecule has 3 aliphatic carbocycles. The molecule has 11 nitrogen and oxygen atoms in total. The molecule has 12 heteroatoms. The van der Waals surface area contributed by atoms with Gasteiger partial charge >= 0.3 is 0 Å². The summed E-state index contributed by atoms with van der Waals surface area (Å²) in [6.07, 6.45) is 8.92. The fourth-order valence-electron chi connectivity index (χ4n) is 5.07. The molecule has 0 aliphatic heterocycles. The van der Waals surface area contributed by atoms with Crippen molar-refractivity contribution in [3.8, 4) is 17.1 Å². The topological polar surface area (TPSA) is 141 Å². The third-order valence-corrected chi connectivity index (χ3v) is 12.0. The summed E-state index contributed by atoms with van der Waals surface area (Å²) in [6.45, 7) is 1.78. The van der Waals surface area contributed by atoms with Crippen LogP contribution in [0.1, 0.15) is 62.2 Å². The lowest BCUT2D eigenvalue weighted by atomic mass is 10.1. The molecule has 204 valence electrons. The zero-order chi connectivity index (χ0) is 27.3. The lowest BCUT2D eigenvalue weighted by molar-refractivity contribution is -0.117. The number of Topliss-reactive ketones (excluding diaryl/α,β-unsaturated/α-hetero) is 1. The summed E-state index contributed by atoms with van der Waals surface area (Å²) in [5.41, 5.74) is 3.13. The predicted molar refractivity (Wildman–Crippen MR) is 148 cm³/mol. The lowest BCUT2D eigenvalue weighted by Crippen LogP contribution is -2.20. The number of hydrogen-bond donors (Lipinski definition) is 2. The summed E-state index contributed by atoms with van der Waals surface area (Å²) in [7, 11) is 0.809. The Morgan fingerprint density at radius 2 is 1.79 bits per heavy atom. The van der Waals surface area contributed by atoms with Gasteiger partial charge in [0.1, 0.15) is 30.7 Å².